The summed E-state index contributed by atoms with van der Waals surface area (Å²) in [7, 11) is -2.07. The number of ether oxygens (including phenoxy) is 1. The number of methoxy groups -OCH3 is 1. The molecule has 1 N–H and O–H groups in total. The molecule has 146 valence electrons. The van der Waals surface area contributed by atoms with Gasteiger partial charge in [0.05, 0.1) is 12.8 Å². The SMILES string of the molecule is COc1ccc(Cl)cc1NC(=O)C[C@@H]1CCCCN1S(=O)(=O)c1cccs1. The lowest BCUT2D eigenvalue weighted by Crippen LogP contribution is -2.45. The third kappa shape index (κ3) is 4.63. The van der Waals surface area contributed by atoms with E-state index in [1.807, 2.05) is 0 Å². The average molecular weight is 429 g/mol. The van der Waals surface area contributed by atoms with Gasteiger partial charge in [-0.15, -0.1) is 11.3 Å². The molecule has 2 heterocycles. The molecule has 27 heavy (non-hydrogen) atoms. The monoisotopic (exact) mass is 428 g/mol. The molecular formula is C18H21ClN2O4S2. The third-order valence-electron chi connectivity index (χ3n) is 4.49. The zero-order valence-corrected chi connectivity index (χ0v) is 17.2. The Hall–Kier alpha value is -1.61. The van der Waals surface area contributed by atoms with Gasteiger partial charge in [0.15, 0.2) is 0 Å². The molecule has 1 aliphatic heterocycles. The van der Waals surface area contributed by atoms with Crippen LogP contribution in [-0.2, 0) is 14.8 Å². The van der Waals surface area contributed by atoms with E-state index in [1.165, 1.54) is 22.8 Å². The number of rotatable bonds is 6. The number of sulfonamides is 1. The standard InChI is InChI=1S/C18H21ClN2O4S2/c1-25-16-8-7-13(19)11-15(16)20-17(22)12-14-5-2-3-9-21(14)27(23,24)18-6-4-10-26-18/h4,6-8,10-11,14H,2-3,5,9,12H2,1H3,(H,20,22)/t14-/m0/s1. The van der Waals surface area contributed by atoms with Gasteiger partial charge in [-0.25, -0.2) is 8.42 Å². The fourth-order valence-electron chi connectivity index (χ4n) is 3.21. The normalized spacial score (nSPS) is 18.2. The quantitative estimate of drug-likeness (QED) is 0.754. The molecule has 6 nitrogen and oxygen atoms in total. The van der Waals surface area contributed by atoms with Crippen molar-refractivity contribution in [1.82, 2.24) is 4.31 Å². The first-order valence-corrected chi connectivity index (χ1v) is 11.3. The van der Waals surface area contributed by atoms with E-state index >= 15 is 0 Å². The summed E-state index contributed by atoms with van der Waals surface area (Å²) < 4.78 is 32.8. The van der Waals surface area contributed by atoms with Gasteiger partial charge in [-0.3, -0.25) is 4.79 Å². The highest BCUT2D eigenvalue weighted by Gasteiger charge is 2.35. The fourth-order valence-corrected chi connectivity index (χ4v) is 6.20. The number of halogens is 1. The van der Waals surface area contributed by atoms with E-state index in [-0.39, 0.29) is 18.4 Å². The maximum absolute atomic E-state index is 12.9. The summed E-state index contributed by atoms with van der Waals surface area (Å²) in [6.07, 6.45) is 2.44. The molecule has 9 heteroatoms. The van der Waals surface area contributed by atoms with E-state index < -0.39 is 10.0 Å². The summed E-state index contributed by atoms with van der Waals surface area (Å²) in [5.74, 6) is 0.230. The minimum atomic E-state index is -3.58. The van der Waals surface area contributed by atoms with Gasteiger partial charge in [-0.2, -0.15) is 4.31 Å². The van der Waals surface area contributed by atoms with Crippen molar-refractivity contribution in [3.8, 4) is 5.75 Å². The minimum absolute atomic E-state index is 0.0836. The van der Waals surface area contributed by atoms with Gasteiger partial charge >= 0.3 is 0 Å². The third-order valence-corrected chi connectivity index (χ3v) is 8.05. The number of nitrogens with zero attached hydrogens (tertiary/aromatic N) is 1. The summed E-state index contributed by atoms with van der Waals surface area (Å²) in [6, 6.07) is 7.91. The summed E-state index contributed by atoms with van der Waals surface area (Å²) in [4.78, 5) is 12.6. The minimum Gasteiger partial charge on any atom is -0.495 e. The van der Waals surface area contributed by atoms with Crippen molar-refractivity contribution in [3.05, 3.63) is 40.7 Å². The highest BCUT2D eigenvalue weighted by Crippen LogP contribution is 2.31. The summed E-state index contributed by atoms with van der Waals surface area (Å²) in [5, 5.41) is 5.01. The topological polar surface area (TPSA) is 75.7 Å². The second-order valence-electron chi connectivity index (χ2n) is 6.29. The number of hydrogen-bond donors (Lipinski definition) is 1. The molecule has 0 radical (unpaired) electrons. The van der Waals surface area contributed by atoms with Crippen LogP contribution < -0.4 is 10.1 Å². The van der Waals surface area contributed by atoms with Crippen molar-refractivity contribution in [2.75, 3.05) is 19.0 Å². The molecule has 1 atom stereocenters. The van der Waals surface area contributed by atoms with E-state index in [9.17, 15) is 13.2 Å². The number of anilines is 1. The Morgan fingerprint density at radius 1 is 1.37 bits per heavy atom. The number of benzene rings is 1. The lowest BCUT2D eigenvalue weighted by Gasteiger charge is -2.34. The molecule has 0 saturated carbocycles. The van der Waals surface area contributed by atoms with Gasteiger partial charge < -0.3 is 10.1 Å². The van der Waals surface area contributed by atoms with Crippen LogP contribution >= 0.6 is 22.9 Å². The van der Waals surface area contributed by atoms with Gasteiger partial charge in [-0.05, 0) is 42.5 Å². The molecule has 0 unspecified atom stereocenters. The molecule has 1 aromatic heterocycles. The van der Waals surface area contributed by atoms with Gasteiger partial charge in [0, 0.05) is 24.0 Å². The second kappa shape index (κ2) is 8.60. The molecule has 1 saturated heterocycles. The van der Waals surface area contributed by atoms with E-state index in [2.05, 4.69) is 5.32 Å². The number of piperidine rings is 1. The fraction of sp³-hybridized carbons (Fsp3) is 0.389. The highest BCUT2D eigenvalue weighted by atomic mass is 35.5. The Balaban J connectivity index is 1.75. The molecule has 0 aliphatic carbocycles. The maximum Gasteiger partial charge on any atom is 0.252 e. The molecule has 1 amide bonds. The molecule has 1 aliphatic rings. The number of carbonyl (C=O) groups is 1. The van der Waals surface area contributed by atoms with Crippen LogP contribution in [0.15, 0.2) is 39.9 Å². The summed E-state index contributed by atoms with van der Waals surface area (Å²) in [6.45, 7) is 0.429. The predicted octanol–water partition coefficient (Wildman–Crippen LogP) is 3.98. The zero-order chi connectivity index (χ0) is 19.4. The van der Waals surface area contributed by atoms with E-state index in [1.54, 1.807) is 35.7 Å². The van der Waals surface area contributed by atoms with Gasteiger partial charge in [-0.1, -0.05) is 24.1 Å². The Kier molecular flexibility index (Phi) is 6.41. The van der Waals surface area contributed by atoms with Crippen molar-refractivity contribution < 1.29 is 17.9 Å². The molecule has 3 rings (SSSR count). The Morgan fingerprint density at radius 2 is 2.19 bits per heavy atom. The largest absolute Gasteiger partial charge is 0.495 e. The molecule has 0 bridgehead atoms. The first-order chi connectivity index (χ1) is 12.9. The van der Waals surface area contributed by atoms with Crippen LogP contribution in [0.3, 0.4) is 0 Å². The first kappa shape index (κ1) is 20.1. The van der Waals surface area contributed by atoms with Crippen molar-refractivity contribution in [2.45, 2.75) is 35.9 Å². The van der Waals surface area contributed by atoms with E-state index in [0.717, 1.165) is 12.8 Å². The maximum atomic E-state index is 12.9. The van der Waals surface area contributed by atoms with E-state index in [0.29, 0.717) is 33.6 Å². The van der Waals surface area contributed by atoms with Crippen molar-refractivity contribution in [1.29, 1.82) is 0 Å². The van der Waals surface area contributed by atoms with Crippen molar-refractivity contribution >= 4 is 44.6 Å². The van der Waals surface area contributed by atoms with Crippen LogP contribution in [0.2, 0.25) is 5.02 Å². The predicted molar refractivity (Wildman–Crippen MR) is 107 cm³/mol. The number of thiophene rings is 1. The molecule has 2 aromatic rings. The van der Waals surface area contributed by atoms with Crippen LogP contribution in [-0.4, -0.2) is 38.3 Å². The number of amides is 1. The van der Waals surface area contributed by atoms with Crippen LogP contribution in [0.4, 0.5) is 5.69 Å². The lowest BCUT2D eigenvalue weighted by atomic mass is 10.0. The second-order valence-corrected chi connectivity index (χ2v) is 9.80. The van der Waals surface area contributed by atoms with E-state index in [4.69, 9.17) is 16.3 Å². The zero-order valence-electron chi connectivity index (χ0n) is 14.9. The van der Waals surface area contributed by atoms with Crippen LogP contribution in [0, 0.1) is 0 Å². The van der Waals surface area contributed by atoms with Crippen LogP contribution in [0.1, 0.15) is 25.7 Å². The Labute approximate surface area is 168 Å². The lowest BCUT2D eigenvalue weighted by molar-refractivity contribution is -0.117. The van der Waals surface area contributed by atoms with Gasteiger partial charge in [0.25, 0.3) is 10.0 Å². The van der Waals surface area contributed by atoms with Gasteiger partial charge in [0.1, 0.15) is 9.96 Å². The molecule has 1 aromatic carbocycles. The van der Waals surface area contributed by atoms with Crippen LogP contribution in [0.5, 0.6) is 5.75 Å². The van der Waals surface area contributed by atoms with Crippen molar-refractivity contribution in [2.24, 2.45) is 0 Å². The number of hydrogen-bond acceptors (Lipinski definition) is 5. The molecule has 0 spiro atoms. The Bertz CT molecular complexity index is 900. The smallest absolute Gasteiger partial charge is 0.252 e. The number of carbonyl (C=O) groups excluding carboxylic acids is 1. The summed E-state index contributed by atoms with van der Waals surface area (Å²) >= 11 is 7.19. The highest BCUT2D eigenvalue weighted by molar-refractivity contribution is 7.91. The van der Waals surface area contributed by atoms with Crippen molar-refractivity contribution in [3.63, 3.8) is 0 Å². The van der Waals surface area contributed by atoms with Gasteiger partial charge in [0.2, 0.25) is 5.91 Å². The molecular weight excluding hydrogens is 408 g/mol. The number of nitrogens with one attached hydrogen (secondary N) is 1. The Morgan fingerprint density at radius 3 is 2.89 bits per heavy atom. The van der Waals surface area contributed by atoms with Crippen LogP contribution in [0.25, 0.3) is 0 Å². The molecule has 1 fully saturated rings. The summed E-state index contributed by atoms with van der Waals surface area (Å²) in [5.41, 5.74) is 0.471. The first-order valence-electron chi connectivity index (χ1n) is 8.60. The average Bonchev–Trinajstić information content (AvgIpc) is 3.18.